The van der Waals surface area contributed by atoms with E-state index >= 15 is 0 Å². The van der Waals surface area contributed by atoms with Gasteiger partial charge in [0.2, 0.25) is 0 Å². The number of ketones is 1. The molecule has 0 aromatic carbocycles. The molecule has 0 unspecified atom stereocenters. The van der Waals surface area contributed by atoms with E-state index in [1.807, 2.05) is 17.5 Å². The summed E-state index contributed by atoms with van der Waals surface area (Å²) in [5.74, 6) is 0.143. The molecule has 0 saturated heterocycles. The first-order valence-corrected chi connectivity index (χ1v) is 6.14. The zero-order valence-electron chi connectivity index (χ0n) is 7.20. The SMILES string of the molecule is O=C(Cc1cccs1)c1ccc(Cl)s1. The third-order valence-electron chi connectivity index (χ3n) is 1.76. The fourth-order valence-corrected chi connectivity index (χ4v) is 2.81. The van der Waals surface area contributed by atoms with Crippen molar-refractivity contribution >= 4 is 40.1 Å². The first-order chi connectivity index (χ1) is 6.75. The van der Waals surface area contributed by atoms with Gasteiger partial charge in [-0.2, -0.15) is 0 Å². The van der Waals surface area contributed by atoms with Crippen molar-refractivity contribution in [2.75, 3.05) is 0 Å². The van der Waals surface area contributed by atoms with E-state index in [1.165, 1.54) is 11.3 Å². The van der Waals surface area contributed by atoms with Gasteiger partial charge in [0.15, 0.2) is 5.78 Å². The number of carbonyl (C=O) groups excluding carboxylic acids is 1. The van der Waals surface area contributed by atoms with Crippen LogP contribution >= 0.6 is 34.3 Å². The van der Waals surface area contributed by atoms with Crippen molar-refractivity contribution in [3.63, 3.8) is 0 Å². The first kappa shape index (κ1) is 9.90. The highest BCUT2D eigenvalue weighted by Gasteiger charge is 2.09. The van der Waals surface area contributed by atoms with Crippen LogP contribution in [0.5, 0.6) is 0 Å². The molecule has 2 heterocycles. The summed E-state index contributed by atoms with van der Waals surface area (Å²) in [6.45, 7) is 0. The van der Waals surface area contributed by atoms with E-state index in [1.54, 1.807) is 23.5 Å². The lowest BCUT2D eigenvalue weighted by Gasteiger charge is -1.93. The molecule has 0 N–H and O–H groups in total. The predicted molar refractivity (Wildman–Crippen MR) is 61.7 cm³/mol. The summed E-state index contributed by atoms with van der Waals surface area (Å²) in [6, 6.07) is 7.46. The average molecular weight is 243 g/mol. The minimum atomic E-state index is 0.143. The number of hydrogen-bond donors (Lipinski definition) is 0. The minimum Gasteiger partial charge on any atom is -0.293 e. The summed E-state index contributed by atoms with van der Waals surface area (Å²) >= 11 is 8.70. The molecule has 4 heteroatoms. The molecule has 2 aromatic heterocycles. The molecule has 14 heavy (non-hydrogen) atoms. The first-order valence-electron chi connectivity index (χ1n) is 4.06. The van der Waals surface area contributed by atoms with Crippen LogP contribution < -0.4 is 0 Å². The quantitative estimate of drug-likeness (QED) is 0.747. The minimum absolute atomic E-state index is 0.143. The molecule has 0 bridgehead atoms. The Bertz CT molecular complexity index is 431. The summed E-state index contributed by atoms with van der Waals surface area (Å²) in [7, 11) is 0. The maximum absolute atomic E-state index is 11.7. The largest absolute Gasteiger partial charge is 0.293 e. The Morgan fingerprint density at radius 3 is 2.79 bits per heavy atom. The third kappa shape index (κ3) is 2.23. The molecule has 0 saturated carbocycles. The lowest BCUT2D eigenvalue weighted by atomic mass is 10.2. The van der Waals surface area contributed by atoms with Crippen LogP contribution in [-0.2, 0) is 6.42 Å². The van der Waals surface area contributed by atoms with Gasteiger partial charge in [0.25, 0.3) is 0 Å². The van der Waals surface area contributed by atoms with Crippen LogP contribution in [0.15, 0.2) is 29.6 Å². The Morgan fingerprint density at radius 1 is 1.36 bits per heavy atom. The molecular formula is C10H7ClOS2. The van der Waals surface area contributed by atoms with E-state index in [9.17, 15) is 4.79 Å². The molecule has 0 aliphatic heterocycles. The molecule has 0 aliphatic rings. The van der Waals surface area contributed by atoms with Gasteiger partial charge < -0.3 is 0 Å². The number of rotatable bonds is 3. The number of carbonyl (C=O) groups is 1. The van der Waals surface area contributed by atoms with Crippen LogP contribution in [0.2, 0.25) is 4.34 Å². The Morgan fingerprint density at radius 2 is 2.21 bits per heavy atom. The summed E-state index contributed by atoms with van der Waals surface area (Å²) < 4.78 is 0.666. The predicted octanol–water partition coefficient (Wildman–Crippen LogP) is 3.89. The zero-order valence-corrected chi connectivity index (χ0v) is 9.59. The van der Waals surface area contributed by atoms with Crippen LogP contribution in [0.1, 0.15) is 14.5 Å². The van der Waals surface area contributed by atoms with Gasteiger partial charge in [0.05, 0.1) is 9.21 Å². The second-order valence-electron chi connectivity index (χ2n) is 2.78. The highest BCUT2D eigenvalue weighted by molar-refractivity contribution is 7.18. The van der Waals surface area contributed by atoms with Crippen LogP contribution in [0.4, 0.5) is 0 Å². The van der Waals surface area contributed by atoms with Gasteiger partial charge in [0, 0.05) is 11.3 Å². The molecule has 2 aromatic rings. The number of thiophene rings is 2. The Kier molecular flexibility index (Phi) is 3.01. The van der Waals surface area contributed by atoms with Gasteiger partial charge in [-0.05, 0) is 23.6 Å². The van der Waals surface area contributed by atoms with Gasteiger partial charge in [-0.3, -0.25) is 4.79 Å². The number of Topliss-reactive ketones (excluding diaryl/α,β-unsaturated/α-hetero) is 1. The smallest absolute Gasteiger partial charge is 0.178 e. The molecule has 0 aliphatic carbocycles. The van der Waals surface area contributed by atoms with Crippen molar-refractivity contribution in [2.24, 2.45) is 0 Å². The summed E-state index contributed by atoms with van der Waals surface area (Å²) in [5.41, 5.74) is 0. The summed E-state index contributed by atoms with van der Waals surface area (Å²) in [6.07, 6.45) is 0.481. The van der Waals surface area contributed by atoms with Crippen LogP contribution in [0.3, 0.4) is 0 Å². The average Bonchev–Trinajstić information content (AvgIpc) is 2.75. The normalized spacial score (nSPS) is 10.4. The lowest BCUT2D eigenvalue weighted by molar-refractivity contribution is 0.0997. The Hall–Kier alpha value is -0.640. The van der Waals surface area contributed by atoms with Crippen LogP contribution in [0, 0.1) is 0 Å². The molecule has 0 atom stereocenters. The summed E-state index contributed by atoms with van der Waals surface area (Å²) in [5, 5.41) is 1.98. The van der Waals surface area contributed by atoms with Crippen molar-refractivity contribution in [1.29, 1.82) is 0 Å². The second kappa shape index (κ2) is 4.26. The van der Waals surface area contributed by atoms with Gasteiger partial charge in [-0.25, -0.2) is 0 Å². The van der Waals surface area contributed by atoms with Crippen molar-refractivity contribution in [1.82, 2.24) is 0 Å². The van der Waals surface area contributed by atoms with Crippen molar-refractivity contribution < 1.29 is 4.79 Å². The standard InChI is InChI=1S/C10H7ClOS2/c11-10-4-3-9(14-10)8(12)6-7-2-1-5-13-7/h1-5H,6H2. The van der Waals surface area contributed by atoms with E-state index < -0.39 is 0 Å². The molecular weight excluding hydrogens is 236 g/mol. The van der Waals surface area contributed by atoms with Gasteiger partial charge in [0.1, 0.15) is 0 Å². The monoisotopic (exact) mass is 242 g/mol. The molecule has 0 spiro atoms. The molecule has 2 rings (SSSR count). The third-order valence-corrected chi connectivity index (χ3v) is 3.91. The van der Waals surface area contributed by atoms with Gasteiger partial charge in [-0.15, -0.1) is 22.7 Å². The zero-order chi connectivity index (χ0) is 9.97. The highest BCUT2D eigenvalue weighted by Crippen LogP contribution is 2.23. The van der Waals surface area contributed by atoms with Crippen LogP contribution in [-0.4, -0.2) is 5.78 Å². The molecule has 0 fully saturated rings. The molecule has 1 nitrogen and oxygen atoms in total. The van der Waals surface area contributed by atoms with E-state index in [-0.39, 0.29) is 5.78 Å². The lowest BCUT2D eigenvalue weighted by Crippen LogP contribution is -1.98. The Labute approximate surface area is 95.0 Å². The molecule has 0 amide bonds. The van der Waals surface area contributed by atoms with Gasteiger partial charge >= 0.3 is 0 Å². The fourth-order valence-electron chi connectivity index (χ4n) is 1.12. The highest BCUT2D eigenvalue weighted by atomic mass is 35.5. The van der Waals surface area contributed by atoms with E-state index in [0.717, 1.165) is 9.75 Å². The van der Waals surface area contributed by atoms with Crippen molar-refractivity contribution in [2.45, 2.75) is 6.42 Å². The van der Waals surface area contributed by atoms with E-state index in [0.29, 0.717) is 10.8 Å². The number of halogens is 1. The van der Waals surface area contributed by atoms with E-state index in [2.05, 4.69) is 0 Å². The van der Waals surface area contributed by atoms with E-state index in [4.69, 9.17) is 11.6 Å². The van der Waals surface area contributed by atoms with Gasteiger partial charge in [-0.1, -0.05) is 17.7 Å². The maximum Gasteiger partial charge on any atom is 0.178 e. The van der Waals surface area contributed by atoms with Crippen LogP contribution in [0.25, 0.3) is 0 Å². The summed E-state index contributed by atoms with van der Waals surface area (Å²) in [4.78, 5) is 13.5. The van der Waals surface area contributed by atoms with Crippen molar-refractivity contribution in [3.05, 3.63) is 43.7 Å². The van der Waals surface area contributed by atoms with Crippen molar-refractivity contribution in [3.8, 4) is 0 Å². The fraction of sp³-hybridized carbons (Fsp3) is 0.100. The molecule has 72 valence electrons. The topological polar surface area (TPSA) is 17.1 Å². The second-order valence-corrected chi connectivity index (χ2v) is 5.53. The molecule has 0 radical (unpaired) electrons. The Balaban J connectivity index is 2.10. The maximum atomic E-state index is 11.7. The number of hydrogen-bond acceptors (Lipinski definition) is 3.